The van der Waals surface area contributed by atoms with Gasteiger partial charge in [-0.3, -0.25) is 0 Å². The molecule has 0 N–H and O–H groups in total. The molecule has 0 saturated carbocycles. The molecule has 0 spiro atoms. The summed E-state index contributed by atoms with van der Waals surface area (Å²) in [5.74, 6) is 0.244. The van der Waals surface area contributed by atoms with Crippen LogP contribution in [0.4, 0.5) is 4.79 Å². The summed E-state index contributed by atoms with van der Waals surface area (Å²) in [6.07, 6.45) is 0.948. The van der Waals surface area contributed by atoms with Crippen molar-refractivity contribution in [2.75, 3.05) is 14.1 Å². The second kappa shape index (κ2) is 3.29. The van der Waals surface area contributed by atoms with Gasteiger partial charge in [0.15, 0.2) is 0 Å². The van der Waals surface area contributed by atoms with Crippen molar-refractivity contribution in [3.05, 3.63) is 6.20 Å². The second-order valence-corrected chi connectivity index (χ2v) is 2.56. The first-order valence-electron chi connectivity index (χ1n) is 2.87. The minimum absolute atomic E-state index is 0.244. The molecule has 0 aliphatic carbocycles. The Bertz CT molecular complexity index is 234. The lowest BCUT2D eigenvalue weighted by Crippen LogP contribution is -2.25. The largest absolute Gasteiger partial charge is 0.416 e. The van der Waals surface area contributed by atoms with Gasteiger partial charge in [-0.05, 0) is 0 Å². The summed E-state index contributed by atoms with van der Waals surface area (Å²) in [7, 11) is 3.20. The summed E-state index contributed by atoms with van der Waals surface area (Å²) in [6.45, 7) is 0. The molecule has 0 saturated heterocycles. The SMILES string of the molecule is CN(C)C(=O)Oc1cnsn1. The van der Waals surface area contributed by atoms with Gasteiger partial charge in [0.1, 0.15) is 6.20 Å². The highest BCUT2D eigenvalue weighted by atomic mass is 32.1. The molecule has 1 aromatic heterocycles. The molecular formula is C5H7N3O2S. The minimum Gasteiger partial charge on any atom is -0.388 e. The molecule has 1 amide bonds. The monoisotopic (exact) mass is 173 g/mol. The zero-order chi connectivity index (χ0) is 8.27. The molecular weight excluding hydrogens is 166 g/mol. The summed E-state index contributed by atoms with van der Waals surface area (Å²) in [4.78, 5) is 12.2. The number of hydrogen-bond donors (Lipinski definition) is 0. The molecule has 6 heteroatoms. The Morgan fingerprint density at radius 1 is 1.73 bits per heavy atom. The molecule has 0 aliphatic heterocycles. The first-order valence-corrected chi connectivity index (χ1v) is 3.60. The normalized spacial score (nSPS) is 9.27. The van der Waals surface area contributed by atoms with E-state index in [-0.39, 0.29) is 5.88 Å². The van der Waals surface area contributed by atoms with E-state index in [0.29, 0.717) is 0 Å². The van der Waals surface area contributed by atoms with Crippen molar-refractivity contribution in [1.29, 1.82) is 0 Å². The predicted octanol–water partition coefficient (Wildman–Crippen LogP) is 0.599. The lowest BCUT2D eigenvalue weighted by atomic mass is 10.8. The third kappa shape index (κ3) is 2.15. The quantitative estimate of drug-likeness (QED) is 0.624. The zero-order valence-corrected chi connectivity index (χ0v) is 6.96. The van der Waals surface area contributed by atoms with E-state index in [4.69, 9.17) is 4.74 Å². The van der Waals surface area contributed by atoms with Gasteiger partial charge in [-0.1, -0.05) is 0 Å². The Morgan fingerprint density at radius 3 is 2.91 bits per heavy atom. The van der Waals surface area contributed by atoms with Crippen molar-refractivity contribution in [3.8, 4) is 5.88 Å². The third-order valence-corrected chi connectivity index (χ3v) is 1.36. The molecule has 1 rings (SSSR count). The van der Waals surface area contributed by atoms with E-state index in [0.717, 1.165) is 11.7 Å². The molecule has 60 valence electrons. The molecule has 0 unspecified atom stereocenters. The van der Waals surface area contributed by atoms with E-state index in [2.05, 4.69) is 8.75 Å². The highest BCUT2D eigenvalue weighted by Gasteiger charge is 2.07. The van der Waals surface area contributed by atoms with E-state index in [1.54, 1.807) is 14.1 Å². The van der Waals surface area contributed by atoms with Crippen LogP contribution in [0.25, 0.3) is 0 Å². The van der Waals surface area contributed by atoms with Crippen LogP contribution in [0.1, 0.15) is 0 Å². The molecule has 0 aliphatic rings. The lowest BCUT2D eigenvalue weighted by Gasteiger charge is -2.07. The van der Waals surface area contributed by atoms with E-state index >= 15 is 0 Å². The number of nitrogens with zero attached hydrogens (tertiary/aromatic N) is 3. The predicted molar refractivity (Wildman–Crippen MR) is 39.6 cm³/mol. The molecule has 0 bridgehead atoms. The van der Waals surface area contributed by atoms with Crippen molar-refractivity contribution < 1.29 is 9.53 Å². The Hall–Kier alpha value is -1.17. The summed E-state index contributed by atoms with van der Waals surface area (Å²) in [6, 6.07) is 0. The molecule has 1 aromatic rings. The van der Waals surface area contributed by atoms with Gasteiger partial charge in [-0.15, -0.1) is 4.37 Å². The van der Waals surface area contributed by atoms with E-state index in [1.807, 2.05) is 0 Å². The molecule has 1 heterocycles. The van der Waals surface area contributed by atoms with Gasteiger partial charge in [0.2, 0.25) is 0 Å². The van der Waals surface area contributed by atoms with Crippen LogP contribution in [0, 0.1) is 0 Å². The van der Waals surface area contributed by atoms with Crippen molar-refractivity contribution in [1.82, 2.24) is 13.6 Å². The number of amides is 1. The van der Waals surface area contributed by atoms with Gasteiger partial charge < -0.3 is 9.64 Å². The van der Waals surface area contributed by atoms with Gasteiger partial charge in [0.25, 0.3) is 5.88 Å². The summed E-state index contributed by atoms with van der Waals surface area (Å²) >= 11 is 0.998. The summed E-state index contributed by atoms with van der Waals surface area (Å²) in [5.41, 5.74) is 0. The van der Waals surface area contributed by atoms with Gasteiger partial charge in [-0.25, -0.2) is 4.79 Å². The van der Waals surface area contributed by atoms with Gasteiger partial charge in [-0.2, -0.15) is 4.37 Å². The Labute approximate surface area is 67.9 Å². The third-order valence-electron chi connectivity index (χ3n) is 0.898. The molecule has 11 heavy (non-hydrogen) atoms. The van der Waals surface area contributed by atoms with Gasteiger partial charge in [0.05, 0.1) is 11.7 Å². The molecule has 0 aromatic carbocycles. The van der Waals surface area contributed by atoms with Crippen LogP contribution in [-0.2, 0) is 0 Å². The molecule has 5 nitrogen and oxygen atoms in total. The second-order valence-electron chi connectivity index (χ2n) is 2.01. The van der Waals surface area contributed by atoms with Gasteiger partial charge >= 0.3 is 6.09 Å². The van der Waals surface area contributed by atoms with Crippen LogP contribution in [0.2, 0.25) is 0 Å². The van der Waals surface area contributed by atoms with Gasteiger partial charge in [0, 0.05) is 14.1 Å². The molecule has 0 radical (unpaired) electrons. The molecule has 0 atom stereocenters. The summed E-state index contributed by atoms with van der Waals surface area (Å²) < 4.78 is 12.1. The molecule has 0 fully saturated rings. The first kappa shape index (κ1) is 7.93. The maximum Gasteiger partial charge on any atom is 0.416 e. The maximum absolute atomic E-state index is 10.9. The Balaban J connectivity index is 2.50. The topological polar surface area (TPSA) is 55.3 Å². The van der Waals surface area contributed by atoms with Crippen molar-refractivity contribution in [2.45, 2.75) is 0 Å². The fourth-order valence-corrected chi connectivity index (χ4v) is 0.731. The smallest absolute Gasteiger partial charge is 0.388 e. The van der Waals surface area contributed by atoms with Crippen molar-refractivity contribution in [3.63, 3.8) is 0 Å². The average molecular weight is 173 g/mol. The van der Waals surface area contributed by atoms with Crippen molar-refractivity contribution >= 4 is 17.8 Å². The fraction of sp³-hybridized carbons (Fsp3) is 0.400. The van der Waals surface area contributed by atoms with E-state index in [9.17, 15) is 4.79 Å². The Morgan fingerprint density at radius 2 is 2.45 bits per heavy atom. The average Bonchev–Trinajstić information content (AvgIpc) is 2.39. The van der Waals surface area contributed by atoms with Crippen molar-refractivity contribution in [2.24, 2.45) is 0 Å². The number of rotatable bonds is 1. The van der Waals surface area contributed by atoms with Crippen LogP contribution in [-0.4, -0.2) is 33.8 Å². The number of carbonyl (C=O) groups excluding carboxylic acids is 1. The van der Waals surface area contributed by atoms with Crippen LogP contribution in [0.15, 0.2) is 6.20 Å². The fourth-order valence-electron chi connectivity index (χ4n) is 0.382. The lowest BCUT2D eigenvalue weighted by molar-refractivity contribution is 0.170. The minimum atomic E-state index is -0.447. The number of ether oxygens (including phenoxy) is 1. The van der Waals surface area contributed by atoms with Crippen LogP contribution in [0.5, 0.6) is 5.88 Å². The van der Waals surface area contributed by atoms with E-state index < -0.39 is 6.09 Å². The highest BCUT2D eigenvalue weighted by Crippen LogP contribution is 2.05. The maximum atomic E-state index is 10.9. The standard InChI is InChI=1S/C5H7N3O2S/c1-8(2)5(9)10-4-3-6-11-7-4/h3H,1-2H3. The number of carbonyl (C=O) groups is 1. The number of hydrogen-bond acceptors (Lipinski definition) is 5. The Kier molecular flexibility index (Phi) is 2.37. The van der Waals surface area contributed by atoms with E-state index in [1.165, 1.54) is 11.1 Å². The summed E-state index contributed by atoms with van der Waals surface area (Å²) in [5, 5.41) is 0. The number of aromatic nitrogens is 2. The van der Waals surface area contributed by atoms with Crippen LogP contribution in [0.3, 0.4) is 0 Å². The first-order chi connectivity index (χ1) is 5.20. The highest BCUT2D eigenvalue weighted by molar-refractivity contribution is 6.99. The van der Waals surface area contributed by atoms with Crippen LogP contribution < -0.4 is 4.74 Å². The van der Waals surface area contributed by atoms with Crippen LogP contribution >= 0.6 is 11.7 Å². The zero-order valence-electron chi connectivity index (χ0n) is 6.14.